The van der Waals surface area contributed by atoms with E-state index in [2.05, 4.69) is 11.9 Å². The number of sulfone groups is 1. The molecule has 0 saturated carbocycles. The number of methoxy groups -OCH3 is 4. The van der Waals surface area contributed by atoms with Crippen LogP contribution in [-0.2, 0) is 20.4 Å². The number of benzene rings is 2. The lowest BCUT2D eigenvalue weighted by Crippen LogP contribution is -2.09. The molecule has 1 amide bonds. The lowest BCUT2D eigenvalue weighted by atomic mass is 10.1. The zero-order valence-corrected chi connectivity index (χ0v) is 18.6. The third-order valence-corrected chi connectivity index (χ3v) is 5.56. The van der Waals surface area contributed by atoms with Crippen LogP contribution in [0.4, 0.5) is 5.69 Å². The van der Waals surface area contributed by atoms with Crippen LogP contribution in [0.5, 0.6) is 23.0 Å². The number of hydrogen-bond acceptors (Lipinski definition) is 7. The Bertz CT molecular complexity index is 1070. The number of carbonyl (C=O) groups is 1. The quantitative estimate of drug-likeness (QED) is 0.557. The molecule has 0 saturated heterocycles. The van der Waals surface area contributed by atoms with Crippen LogP contribution in [0.3, 0.4) is 0 Å². The molecule has 0 aromatic heterocycles. The molecule has 166 valence electrons. The van der Waals surface area contributed by atoms with Crippen molar-refractivity contribution in [2.45, 2.75) is 5.75 Å². The van der Waals surface area contributed by atoms with E-state index in [9.17, 15) is 13.2 Å². The van der Waals surface area contributed by atoms with Crippen LogP contribution in [0, 0.1) is 0 Å². The Labute approximate surface area is 182 Å². The van der Waals surface area contributed by atoms with Gasteiger partial charge in [0.2, 0.25) is 5.91 Å². The van der Waals surface area contributed by atoms with Crippen molar-refractivity contribution >= 4 is 27.5 Å². The molecular weight excluding hydrogens is 422 g/mol. The average Bonchev–Trinajstić information content (AvgIpc) is 2.76. The van der Waals surface area contributed by atoms with E-state index in [0.29, 0.717) is 39.8 Å². The number of anilines is 1. The van der Waals surface area contributed by atoms with Crippen molar-refractivity contribution in [3.63, 3.8) is 0 Å². The van der Waals surface area contributed by atoms with Crippen LogP contribution in [0.25, 0.3) is 6.08 Å². The molecule has 0 spiro atoms. The van der Waals surface area contributed by atoms with Gasteiger partial charge in [0.1, 0.15) is 23.0 Å². The minimum Gasteiger partial charge on any atom is -0.496 e. The van der Waals surface area contributed by atoms with Gasteiger partial charge in [-0.15, -0.1) is 0 Å². The number of carbonyl (C=O) groups excluding carboxylic acids is 1. The van der Waals surface area contributed by atoms with Gasteiger partial charge in [-0.25, -0.2) is 8.42 Å². The topological polar surface area (TPSA) is 100 Å². The van der Waals surface area contributed by atoms with Crippen molar-refractivity contribution in [2.24, 2.45) is 0 Å². The molecule has 0 radical (unpaired) electrons. The molecule has 2 rings (SSSR count). The number of rotatable bonds is 10. The molecule has 1 N–H and O–H groups in total. The Kier molecular flexibility index (Phi) is 8.09. The lowest BCUT2D eigenvalue weighted by Gasteiger charge is -2.13. The molecule has 0 unspecified atom stereocenters. The predicted molar refractivity (Wildman–Crippen MR) is 120 cm³/mol. The molecule has 0 bridgehead atoms. The minimum absolute atomic E-state index is 0.286. The summed E-state index contributed by atoms with van der Waals surface area (Å²) in [6, 6.07) is 8.00. The van der Waals surface area contributed by atoms with Gasteiger partial charge in [-0.05, 0) is 29.8 Å². The van der Waals surface area contributed by atoms with Gasteiger partial charge in [0.05, 0.1) is 45.4 Å². The molecule has 0 aliphatic rings. The predicted octanol–water partition coefficient (Wildman–Crippen LogP) is 3.43. The van der Waals surface area contributed by atoms with E-state index in [1.165, 1.54) is 34.5 Å². The first-order chi connectivity index (χ1) is 14.8. The summed E-state index contributed by atoms with van der Waals surface area (Å²) in [5, 5.41) is 3.69. The molecule has 0 aliphatic heterocycles. The van der Waals surface area contributed by atoms with Gasteiger partial charge >= 0.3 is 0 Å². The maximum absolute atomic E-state index is 12.7. The van der Waals surface area contributed by atoms with Crippen LogP contribution in [0.2, 0.25) is 0 Å². The van der Waals surface area contributed by atoms with Crippen LogP contribution < -0.4 is 24.3 Å². The molecular formula is C22H25NO7S. The molecule has 2 aromatic carbocycles. The molecule has 31 heavy (non-hydrogen) atoms. The fourth-order valence-corrected chi connectivity index (χ4v) is 3.86. The summed E-state index contributed by atoms with van der Waals surface area (Å²) in [6.07, 6.45) is 2.53. The fraction of sp³-hybridized carbons (Fsp3) is 0.227. The van der Waals surface area contributed by atoms with E-state index >= 15 is 0 Å². The van der Waals surface area contributed by atoms with Crippen molar-refractivity contribution in [1.29, 1.82) is 0 Å². The number of hydrogen-bond donors (Lipinski definition) is 1. The lowest BCUT2D eigenvalue weighted by molar-refractivity contribution is -0.111. The first kappa shape index (κ1) is 23.8. The van der Waals surface area contributed by atoms with Crippen LogP contribution in [0.15, 0.2) is 48.4 Å². The Morgan fingerprint density at radius 1 is 0.968 bits per heavy atom. The van der Waals surface area contributed by atoms with Crippen molar-refractivity contribution < 1.29 is 32.2 Å². The Balaban J connectivity index is 2.34. The van der Waals surface area contributed by atoms with Gasteiger partial charge < -0.3 is 24.3 Å². The highest BCUT2D eigenvalue weighted by Gasteiger charge is 2.15. The fourth-order valence-electron chi connectivity index (χ4n) is 2.78. The summed E-state index contributed by atoms with van der Waals surface area (Å²) in [7, 11) is 2.23. The second-order valence-corrected chi connectivity index (χ2v) is 8.17. The van der Waals surface area contributed by atoms with E-state index < -0.39 is 15.7 Å². The third-order valence-electron chi connectivity index (χ3n) is 4.27. The van der Waals surface area contributed by atoms with E-state index in [4.69, 9.17) is 18.9 Å². The first-order valence-electron chi connectivity index (χ1n) is 9.08. The minimum atomic E-state index is -3.67. The van der Waals surface area contributed by atoms with Crippen molar-refractivity contribution in [2.75, 3.05) is 33.8 Å². The SMILES string of the molecule is C=CC(=O)Nc1cc(CS(=O)(=O)/C=C/c2c(OC)cc(OC)cc2OC)ccc1OC. The Morgan fingerprint density at radius 2 is 1.58 bits per heavy atom. The monoisotopic (exact) mass is 447 g/mol. The smallest absolute Gasteiger partial charge is 0.247 e. The van der Waals surface area contributed by atoms with Crippen LogP contribution in [-0.4, -0.2) is 42.8 Å². The van der Waals surface area contributed by atoms with Gasteiger partial charge in [0.15, 0.2) is 9.84 Å². The van der Waals surface area contributed by atoms with Gasteiger partial charge in [-0.3, -0.25) is 4.79 Å². The van der Waals surface area contributed by atoms with E-state index in [1.807, 2.05) is 0 Å². The standard InChI is InChI=1S/C22H25NO7S/c1-6-22(24)23-18-11-15(7-8-19(18)28-3)14-31(25,26)10-9-17-20(29-4)12-16(27-2)13-21(17)30-5/h6-13H,1,14H2,2-5H3,(H,23,24)/b10-9+. The van der Waals surface area contributed by atoms with E-state index in [0.717, 1.165) is 11.5 Å². The second kappa shape index (κ2) is 10.5. The summed E-state index contributed by atoms with van der Waals surface area (Å²) < 4.78 is 46.5. The maximum atomic E-state index is 12.7. The maximum Gasteiger partial charge on any atom is 0.247 e. The van der Waals surface area contributed by atoms with Crippen molar-refractivity contribution in [3.8, 4) is 23.0 Å². The molecule has 2 aromatic rings. The summed E-state index contributed by atoms with van der Waals surface area (Å²) >= 11 is 0. The summed E-state index contributed by atoms with van der Waals surface area (Å²) in [5.41, 5.74) is 1.28. The molecule has 0 heterocycles. The Morgan fingerprint density at radius 3 is 2.10 bits per heavy atom. The van der Waals surface area contributed by atoms with Crippen LogP contribution >= 0.6 is 0 Å². The van der Waals surface area contributed by atoms with E-state index in [-0.39, 0.29) is 5.75 Å². The Hall–Kier alpha value is -3.46. The van der Waals surface area contributed by atoms with Crippen molar-refractivity contribution in [3.05, 3.63) is 59.5 Å². The highest BCUT2D eigenvalue weighted by atomic mass is 32.2. The van der Waals surface area contributed by atoms with Gasteiger partial charge in [-0.1, -0.05) is 12.6 Å². The highest BCUT2D eigenvalue weighted by molar-refractivity contribution is 7.93. The van der Waals surface area contributed by atoms with Crippen molar-refractivity contribution in [1.82, 2.24) is 0 Å². The normalized spacial score (nSPS) is 11.1. The largest absolute Gasteiger partial charge is 0.496 e. The number of nitrogens with one attached hydrogen (secondary N) is 1. The molecule has 8 nitrogen and oxygen atoms in total. The molecule has 0 atom stereocenters. The zero-order chi connectivity index (χ0) is 23.0. The molecule has 9 heteroatoms. The summed E-state index contributed by atoms with van der Waals surface area (Å²) in [5.74, 6) is 1.01. The number of ether oxygens (including phenoxy) is 4. The van der Waals surface area contributed by atoms with E-state index in [1.54, 1.807) is 30.3 Å². The zero-order valence-electron chi connectivity index (χ0n) is 17.8. The van der Waals surface area contributed by atoms with Gasteiger partial charge in [-0.2, -0.15) is 0 Å². The van der Waals surface area contributed by atoms with Crippen LogP contribution in [0.1, 0.15) is 11.1 Å². The van der Waals surface area contributed by atoms with Gasteiger partial charge in [0.25, 0.3) is 0 Å². The first-order valence-corrected chi connectivity index (χ1v) is 10.8. The highest BCUT2D eigenvalue weighted by Crippen LogP contribution is 2.35. The summed E-state index contributed by atoms with van der Waals surface area (Å²) in [6.45, 7) is 3.40. The molecule has 0 fully saturated rings. The van der Waals surface area contributed by atoms with Gasteiger partial charge in [0, 0.05) is 17.5 Å². The summed E-state index contributed by atoms with van der Waals surface area (Å²) in [4.78, 5) is 11.6. The second-order valence-electron chi connectivity index (χ2n) is 6.28. The number of amides is 1. The average molecular weight is 448 g/mol. The molecule has 0 aliphatic carbocycles. The third kappa shape index (κ3) is 6.26.